The molecule has 2 N–H and O–H groups in total. The lowest BCUT2D eigenvalue weighted by Gasteiger charge is -2.20. The van der Waals surface area contributed by atoms with E-state index in [0.717, 1.165) is 5.56 Å². The fourth-order valence-electron chi connectivity index (χ4n) is 3.19. The molecule has 0 radical (unpaired) electrons. The van der Waals surface area contributed by atoms with Gasteiger partial charge in [0.1, 0.15) is 0 Å². The monoisotopic (exact) mass is 385 g/mol. The van der Waals surface area contributed by atoms with Gasteiger partial charge in [-0.2, -0.15) is 0 Å². The van der Waals surface area contributed by atoms with Crippen LogP contribution < -0.4 is 10.6 Å². The van der Waals surface area contributed by atoms with Gasteiger partial charge in [-0.1, -0.05) is 42.5 Å². The molecule has 2 amide bonds. The van der Waals surface area contributed by atoms with E-state index in [1.54, 1.807) is 54.9 Å². The number of rotatable bonds is 3. The lowest BCUT2D eigenvalue weighted by Crippen LogP contribution is -2.35. The molecule has 3 aromatic rings. The quantitative estimate of drug-likeness (QED) is 0.526. The summed E-state index contributed by atoms with van der Waals surface area (Å²) in [5.41, 5.74) is 1.74. The Morgan fingerprint density at radius 3 is 2.24 bits per heavy atom. The average molecular weight is 385 g/mol. The molecule has 0 bridgehead atoms. The van der Waals surface area contributed by atoms with Gasteiger partial charge in [-0.05, 0) is 17.7 Å². The van der Waals surface area contributed by atoms with Gasteiger partial charge in [-0.15, -0.1) is 0 Å². The Bertz CT molecular complexity index is 1160. The van der Waals surface area contributed by atoms with Crippen LogP contribution in [0.15, 0.2) is 67.0 Å². The van der Waals surface area contributed by atoms with Crippen molar-refractivity contribution in [3.63, 3.8) is 0 Å². The first-order chi connectivity index (χ1) is 14.1. The summed E-state index contributed by atoms with van der Waals surface area (Å²) in [7, 11) is 0. The zero-order valence-corrected chi connectivity index (χ0v) is 15.1. The summed E-state index contributed by atoms with van der Waals surface area (Å²) in [5.74, 6) is -2.46. The third kappa shape index (κ3) is 3.41. The van der Waals surface area contributed by atoms with E-state index in [4.69, 9.17) is 0 Å². The van der Waals surface area contributed by atoms with Gasteiger partial charge in [0.15, 0.2) is 11.6 Å². The van der Waals surface area contributed by atoms with E-state index in [1.165, 1.54) is 12.1 Å². The number of hydrogen-bond acceptors (Lipinski definition) is 5. The van der Waals surface area contributed by atoms with Crippen LogP contribution in [0.5, 0.6) is 0 Å². The van der Waals surface area contributed by atoms with Crippen LogP contribution >= 0.6 is 0 Å². The molecule has 7 heteroatoms. The number of aromatic nitrogens is 1. The van der Waals surface area contributed by atoms with E-state index in [9.17, 15) is 19.2 Å². The standard InChI is InChI=1S/C22H15N3O4/c26-19-14-6-1-2-7-15(14)20(27)18-16(19)8-3-9-17(18)25-22(29)21(28)24-12-13-5-4-10-23-11-13/h1-11H,12H2,(H,24,28)(H,25,29). The molecule has 0 aliphatic heterocycles. The molecule has 1 aliphatic rings. The Balaban J connectivity index is 1.56. The molecule has 142 valence electrons. The number of hydrogen-bond donors (Lipinski definition) is 2. The van der Waals surface area contributed by atoms with Crippen LogP contribution in [0.1, 0.15) is 37.4 Å². The molecule has 2 aromatic carbocycles. The van der Waals surface area contributed by atoms with E-state index >= 15 is 0 Å². The third-order valence-corrected chi connectivity index (χ3v) is 4.58. The first kappa shape index (κ1) is 18.2. The molecule has 1 heterocycles. The number of anilines is 1. The summed E-state index contributed by atoms with van der Waals surface area (Å²) in [6, 6.07) is 14.6. The lowest BCUT2D eigenvalue weighted by molar-refractivity contribution is -0.136. The molecule has 29 heavy (non-hydrogen) atoms. The second kappa shape index (κ2) is 7.47. The van der Waals surface area contributed by atoms with Crippen molar-refractivity contribution < 1.29 is 19.2 Å². The van der Waals surface area contributed by atoms with Gasteiger partial charge in [0.05, 0.1) is 11.3 Å². The topological polar surface area (TPSA) is 105 Å². The van der Waals surface area contributed by atoms with E-state index in [2.05, 4.69) is 15.6 Å². The van der Waals surface area contributed by atoms with Gasteiger partial charge in [0, 0.05) is 35.6 Å². The average Bonchev–Trinajstić information content (AvgIpc) is 2.76. The lowest BCUT2D eigenvalue weighted by atomic mass is 9.83. The highest BCUT2D eigenvalue weighted by Crippen LogP contribution is 2.31. The SMILES string of the molecule is O=C(NCc1cccnc1)C(=O)Nc1cccc2c1C(=O)c1ccccc1C2=O. The van der Waals surface area contributed by atoms with Crippen LogP contribution in [0.2, 0.25) is 0 Å². The smallest absolute Gasteiger partial charge is 0.313 e. The maximum Gasteiger partial charge on any atom is 0.313 e. The zero-order valence-electron chi connectivity index (χ0n) is 15.1. The minimum Gasteiger partial charge on any atom is -0.344 e. The number of nitrogens with zero attached hydrogens (tertiary/aromatic N) is 1. The summed E-state index contributed by atoms with van der Waals surface area (Å²) in [6.45, 7) is 0.137. The van der Waals surface area contributed by atoms with Crippen LogP contribution in [0.25, 0.3) is 0 Å². The van der Waals surface area contributed by atoms with Gasteiger partial charge in [-0.25, -0.2) is 0 Å². The second-order valence-electron chi connectivity index (χ2n) is 6.43. The molecule has 0 spiro atoms. The number of nitrogens with one attached hydrogen (secondary N) is 2. The van der Waals surface area contributed by atoms with Crippen LogP contribution in [0, 0.1) is 0 Å². The predicted octanol–water partition coefficient (Wildman–Crippen LogP) is 2.11. The maximum atomic E-state index is 12.9. The van der Waals surface area contributed by atoms with Crippen molar-refractivity contribution >= 4 is 29.1 Å². The fraction of sp³-hybridized carbons (Fsp3) is 0.0455. The van der Waals surface area contributed by atoms with Crippen molar-refractivity contribution in [2.75, 3.05) is 5.32 Å². The Morgan fingerprint density at radius 1 is 0.793 bits per heavy atom. The van der Waals surface area contributed by atoms with Crippen LogP contribution in [0.3, 0.4) is 0 Å². The number of benzene rings is 2. The van der Waals surface area contributed by atoms with Crippen molar-refractivity contribution in [1.29, 1.82) is 0 Å². The number of pyridine rings is 1. The van der Waals surface area contributed by atoms with Crippen molar-refractivity contribution in [1.82, 2.24) is 10.3 Å². The number of amides is 2. The van der Waals surface area contributed by atoms with Gasteiger partial charge < -0.3 is 10.6 Å². The summed E-state index contributed by atoms with van der Waals surface area (Å²) in [6.07, 6.45) is 3.18. The first-order valence-electron chi connectivity index (χ1n) is 8.86. The van der Waals surface area contributed by atoms with E-state index < -0.39 is 11.8 Å². The fourth-order valence-corrected chi connectivity index (χ4v) is 3.19. The number of ketones is 2. The largest absolute Gasteiger partial charge is 0.344 e. The van der Waals surface area contributed by atoms with Gasteiger partial charge in [0.2, 0.25) is 0 Å². The zero-order chi connectivity index (χ0) is 20.4. The summed E-state index contributed by atoms with van der Waals surface area (Å²) >= 11 is 0. The Hall–Kier alpha value is -4.13. The molecule has 0 saturated heterocycles. The third-order valence-electron chi connectivity index (χ3n) is 4.58. The Labute approximate surface area is 165 Å². The first-order valence-corrected chi connectivity index (χ1v) is 8.86. The highest BCUT2D eigenvalue weighted by atomic mass is 16.2. The molecule has 1 aliphatic carbocycles. The molecule has 0 saturated carbocycles. The van der Waals surface area contributed by atoms with Crippen LogP contribution in [-0.4, -0.2) is 28.4 Å². The summed E-state index contributed by atoms with van der Waals surface area (Å²) in [4.78, 5) is 54.1. The number of fused-ring (bicyclic) bond motifs is 2. The molecule has 0 fully saturated rings. The Morgan fingerprint density at radius 2 is 1.52 bits per heavy atom. The second-order valence-corrected chi connectivity index (χ2v) is 6.43. The number of carbonyl (C=O) groups is 4. The van der Waals surface area contributed by atoms with Gasteiger partial charge in [0.25, 0.3) is 0 Å². The van der Waals surface area contributed by atoms with E-state index in [0.29, 0.717) is 5.56 Å². The van der Waals surface area contributed by atoms with Crippen molar-refractivity contribution in [3.8, 4) is 0 Å². The normalized spacial score (nSPS) is 12.0. The minimum atomic E-state index is -0.929. The minimum absolute atomic E-state index is 0.0876. The molecule has 1 aromatic heterocycles. The highest BCUT2D eigenvalue weighted by molar-refractivity contribution is 6.40. The summed E-state index contributed by atoms with van der Waals surface area (Å²) < 4.78 is 0. The molecule has 4 rings (SSSR count). The van der Waals surface area contributed by atoms with Crippen LogP contribution in [0.4, 0.5) is 5.69 Å². The molecule has 0 unspecified atom stereocenters. The van der Waals surface area contributed by atoms with Crippen molar-refractivity contribution in [2.24, 2.45) is 0 Å². The van der Waals surface area contributed by atoms with E-state index in [1.807, 2.05) is 0 Å². The van der Waals surface area contributed by atoms with Crippen molar-refractivity contribution in [3.05, 3.63) is 94.8 Å². The molecule has 0 atom stereocenters. The van der Waals surface area contributed by atoms with Gasteiger partial charge >= 0.3 is 11.8 Å². The molecular formula is C22H15N3O4. The predicted molar refractivity (Wildman–Crippen MR) is 104 cm³/mol. The highest BCUT2D eigenvalue weighted by Gasteiger charge is 2.32. The van der Waals surface area contributed by atoms with E-state index in [-0.39, 0.29) is 40.5 Å². The van der Waals surface area contributed by atoms with Crippen molar-refractivity contribution in [2.45, 2.75) is 6.54 Å². The van der Waals surface area contributed by atoms with Crippen LogP contribution in [-0.2, 0) is 16.1 Å². The number of carbonyl (C=O) groups excluding carboxylic acids is 4. The van der Waals surface area contributed by atoms with Gasteiger partial charge in [-0.3, -0.25) is 24.2 Å². The molecule has 7 nitrogen and oxygen atoms in total. The Kier molecular flexibility index (Phi) is 4.70. The maximum absolute atomic E-state index is 12.9. The molecular weight excluding hydrogens is 370 g/mol. The summed E-state index contributed by atoms with van der Waals surface area (Å²) in [5, 5.41) is 4.94.